The van der Waals surface area contributed by atoms with Crippen molar-refractivity contribution in [3.8, 4) is 0 Å². The normalized spacial score (nSPS) is 11.4. The van der Waals surface area contributed by atoms with Gasteiger partial charge in [-0.15, -0.1) is 0 Å². The predicted octanol–water partition coefficient (Wildman–Crippen LogP) is 2.32. The lowest BCUT2D eigenvalue weighted by Crippen LogP contribution is -2.29. The summed E-state index contributed by atoms with van der Waals surface area (Å²) in [6.07, 6.45) is 1.60. The Hall–Kier alpha value is -1.47. The summed E-state index contributed by atoms with van der Waals surface area (Å²) < 4.78 is 1.03. The van der Waals surface area contributed by atoms with Crippen LogP contribution in [0.5, 0.6) is 0 Å². The summed E-state index contributed by atoms with van der Waals surface area (Å²) in [6, 6.07) is 7.71. The molecule has 0 aliphatic carbocycles. The molecule has 1 rings (SSSR count). The SMILES string of the molecule is CNC(=S)N/N=C(C)\C=N\Nc1ccc(Br)cc1. The Bertz CT molecular complexity index is 455. The van der Waals surface area contributed by atoms with Crippen molar-refractivity contribution in [2.45, 2.75) is 6.92 Å². The second-order valence-electron chi connectivity index (χ2n) is 3.32. The van der Waals surface area contributed by atoms with E-state index in [1.165, 1.54) is 0 Å². The number of hydrogen-bond donors (Lipinski definition) is 3. The first-order chi connectivity index (χ1) is 8.61. The molecule has 0 spiro atoms. The highest BCUT2D eigenvalue weighted by Gasteiger charge is 1.90. The van der Waals surface area contributed by atoms with Crippen LogP contribution in [0.15, 0.2) is 38.9 Å². The molecule has 0 saturated carbocycles. The van der Waals surface area contributed by atoms with Gasteiger partial charge in [0.2, 0.25) is 0 Å². The van der Waals surface area contributed by atoms with Crippen molar-refractivity contribution in [3.05, 3.63) is 28.7 Å². The lowest BCUT2D eigenvalue weighted by atomic mass is 10.3. The number of benzene rings is 1. The topological polar surface area (TPSA) is 60.8 Å². The van der Waals surface area contributed by atoms with Crippen LogP contribution in [-0.2, 0) is 0 Å². The second kappa shape index (κ2) is 7.78. The zero-order chi connectivity index (χ0) is 13.4. The smallest absolute Gasteiger partial charge is 0.186 e. The van der Waals surface area contributed by atoms with Crippen molar-refractivity contribution in [1.82, 2.24) is 10.7 Å². The van der Waals surface area contributed by atoms with Crippen LogP contribution in [0.3, 0.4) is 0 Å². The molecule has 7 heteroatoms. The number of anilines is 1. The number of nitrogens with zero attached hydrogens (tertiary/aromatic N) is 2. The van der Waals surface area contributed by atoms with Crippen LogP contribution >= 0.6 is 28.1 Å². The summed E-state index contributed by atoms with van der Waals surface area (Å²) in [7, 11) is 1.73. The van der Waals surface area contributed by atoms with E-state index in [-0.39, 0.29) is 0 Å². The lowest BCUT2D eigenvalue weighted by Gasteiger charge is -2.01. The van der Waals surface area contributed by atoms with Crippen molar-refractivity contribution in [2.75, 3.05) is 12.5 Å². The molecule has 0 atom stereocenters. The minimum Gasteiger partial charge on any atom is -0.364 e. The largest absolute Gasteiger partial charge is 0.364 e. The van der Waals surface area contributed by atoms with E-state index in [1.54, 1.807) is 13.3 Å². The van der Waals surface area contributed by atoms with Gasteiger partial charge in [0.25, 0.3) is 0 Å². The molecular formula is C11H14BrN5S. The maximum Gasteiger partial charge on any atom is 0.186 e. The van der Waals surface area contributed by atoms with Gasteiger partial charge < -0.3 is 5.32 Å². The summed E-state index contributed by atoms with van der Waals surface area (Å²) in [5.41, 5.74) is 7.18. The third-order valence-electron chi connectivity index (χ3n) is 1.85. The molecule has 18 heavy (non-hydrogen) atoms. The zero-order valence-corrected chi connectivity index (χ0v) is 12.5. The molecule has 0 aromatic heterocycles. The van der Waals surface area contributed by atoms with Gasteiger partial charge in [0.1, 0.15) is 0 Å². The van der Waals surface area contributed by atoms with Crippen LogP contribution < -0.4 is 16.2 Å². The monoisotopic (exact) mass is 327 g/mol. The van der Waals surface area contributed by atoms with E-state index in [4.69, 9.17) is 12.2 Å². The molecular weight excluding hydrogens is 314 g/mol. The maximum atomic E-state index is 4.88. The number of halogens is 1. The Labute approximate surface area is 120 Å². The third-order valence-corrected chi connectivity index (χ3v) is 2.67. The number of rotatable bonds is 4. The Morgan fingerprint density at radius 2 is 2.00 bits per heavy atom. The molecule has 0 aliphatic heterocycles. The van der Waals surface area contributed by atoms with E-state index in [9.17, 15) is 0 Å². The standard InChI is InChI=1S/C11H14BrN5S/c1-8(15-17-11(18)13-2)7-14-16-10-5-3-9(12)4-6-10/h3-7,16H,1-2H3,(H2,13,17,18)/b14-7+,15-8-. The summed E-state index contributed by atoms with van der Waals surface area (Å²) in [4.78, 5) is 0. The molecule has 0 amide bonds. The van der Waals surface area contributed by atoms with Gasteiger partial charge in [-0.2, -0.15) is 10.2 Å². The first-order valence-corrected chi connectivity index (χ1v) is 6.38. The minimum absolute atomic E-state index is 0.462. The van der Waals surface area contributed by atoms with Crippen LogP contribution in [0.2, 0.25) is 0 Å². The molecule has 0 aliphatic rings. The molecule has 0 radical (unpaired) electrons. The molecule has 0 saturated heterocycles. The van der Waals surface area contributed by atoms with Crippen molar-refractivity contribution in [2.24, 2.45) is 10.2 Å². The Balaban J connectivity index is 2.44. The fourth-order valence-corrected chi connectivity index (χ4v) is 1.26. The number of nitrogens with one attached hydrogen (secondary N) is 3. The summed E-state index contributed by atoms with van der Waals surface area (Å²) in [5.74, 6) is 0. The molecule has 3 N–H and O–H groups in total. The minimum atomic E-state index is 0.462. The van der Waals surface area contributed by atoms with Crippen molar-refractivity contribution in [1.29, 1.82) is 0 Å². The lowest BCUT2D eigenvalue weighted by molar-refractivity contribution is 0.977. The number of thiocarbonyl (C=S) groups is 1. The van der Waals surface area contributed by atoms with Crippen LogP contribution in [0.1, 0.15) is 6.92 Å². The molecule has 1 aromatic rings. The quantitative estimate of drug-likeness (QED) is 0.451. The van der Waals surface area contributed by atoms with Gasteiger partial charge in [-0.1, -0.05) is 15.9 Å². The highest BCUT2D eigenvalue weighted by Crippen LogP contribution is 2.13. The molecule has 5 nitrogen and oxygen atoms in total. The zero-order valence-electron chi connectivity index (χ0n) is 10.1. The molecule has 0 fully saturated rings. The first kappa shape index (κ1) is 14.6. The maximum absolute atomic E-state index is 4.88. The van der Waals surface area contributed by atoms with Crippen molar-refractivity contribution >= 4 is 50.9 Å². The van der Waals surface area contributed by atoms with Crippen LogP contribution in [0, 0.1) is 0 Å². The van der Waals surface area contributed by atoms with Crippen LogP contribution in [-0.4, -0.2) is 24.1 Å². The third kappa shape index (κ3) is 5.74. The Morgan fingerprint density at radius 3 is 2.61 bits per heavy atom. The van der Waals surface area contributed by atoms with E-state index < -0.39 is 0 Å². The van der Waals surface area contributed by atoms with E-state index in [2.05, 4.69) is 42.3 Å². The Kier molecular flexibility index (Phi) is 6.31. The summed E-state index contributed by atoms with van der Waals surface area (Å²) >= 11 is 8.25. The van der Waals surface area contributed by atoms with E-state index >= 15 is 0 Å². The van der Waals surface area contributed by atoms with Crippen molar-refractivity contribution < 1.29 is 0 Å². The highest BCUT2D eigenvalue weighted by atomic mass is 79.9. The fraction of sp³-hybridized carbons (Fsp3) is 0.182. The summed E-state index contributed by atoms with van der Waals surface area (Å²) in [6.45, 7) is 1.82. The van der Waals surface area contributed by atoms with Gasteiger partial charge in [0, 0.05) is 11.5 Å². The average Bonchev–Trinajstić information content (AvgIpc) is 2.38. The van der Waals surface area contributed by atoms with E-state index in [0.717, 1.165) is 10.2 Å². The first-order valence-electron chi connectivity index (χ1n) is 5.18. The van der Waals surface area contributed by atoms with Gasteiger partial charge in [0.15, 0.2) is 5.11 Å². The fourth-order valence-electron chi connectivity index (χ4n) is 0.948. The average molecular weight is 328 g/mol. The molecule has 0 bridgehead atoms. The predicted molar refractivity (Wildman–Crippen MR) is 84.2 cm³/mol. The van der Waals surface area contributed by atoms with E-state index in [1.807, 2.05) is 31.2 Å². The second-order valence-corrected chi connectivity index (χ2v) is 4.64. The van der Waals surface area contributed by atoms with Gasteiger partial charge >= 0.3 is 0 Å². The van der Waals surface area contributed by atoms with Gasteiger partial charge in [0.05, 0.1) is 17.6 Å². The van der Waals surface area contributed by atoms with Crippen molar-refractivity contribution in [3.63, 3.8) is 0 Å². The molecule has 0 unspecified atom stereocenters. The molecule has 1 aromatic carbocycles. The van der Waals surface area contributed by atoms with Gasteiger partial charge in [-0.25, -0.2) is 0 Å². The molecule has 0 heterocycles. The number of hydrogen-bond acceptors (Lipinski definition) is 4. The van der Waals surface area contributed by atoms with Crippen LogP contribution in [0.25, 0.3) is 0 Å². The van der Waals surface area contributed by atoms with Crippen LogP contribution in [0.4, 0.5) is 5.69 Å². The summed E-state index contributed by atoms with van der Waals surface area (Å²) in [5, 5.41) is 11.3. The molecule has 96 valence electrons. The Morgan fingerprint density at radius 1 is 1.33 bits per heavy atom. The highest BCUT2D eigenvalue weighted by molar-refractivity contribution is 9.10. The van der Waals surface area contributed by atoms with Gasteiger partial charge in [-0.05, 0) is 43.4 Å². The van der Waals surface area contributed by atoms with Gasteiger partial charge in [-0.3, -0.25) is 10.9 Å². The number of hydrazone groups is 2. The van der Waals surface area contributed by atoms with E-state index in [0.29, 0.717) is 10.8 Å².